The third kappa shape index (κ3) is 6.90. The van der Waals surface area contributed by atoms with Gasteiger partial charge in [-0.2, -0.15) is 0 Å². The van der Waals surface area contributed by atoms with Crippen molar-refractivity contribution in [1.29, 1.82) is 0 Å². The molecule has 0 radical (unpaired) electrons. The number of carbonyl (C=O) groups excluding carboxylic acids is 1. The Kier molecular flexibility index (Phi) is 9.26. The Labute approximate surface area is 234 Å². The summed E-state index contributed by atoms with van der Waals surface area (Å²) in [5.74, 6) is 0.996. The average Bonchev–Trinajstić information content (AvgIpc) is 2.95. The Bertz CT molecular complexity index is 1240. The van der Waals surface area contributed by atoms with Crippen LogP contribution < -0.4 is 14.4 Å². The summed E-state index contributed by atoms with van der Waals surface area (Å²) >= 11 is 12.6. The fourth-order valence-electron chi connectivity index (χ4n) is 5.33. The molecule has 38 heavy (non-hydrogen) atoms. The Balaban J connectivity index is 1.04. The predicted molar refractivity (Wildman–Crippen MR) is 154 cm³/mol. The molecule has 1 saturated carbocycles. The van der Waals surface area contributed by atoms with Gasteiger partial charge in [0.2, 0.25) is 5.88 Å². The van der Waals surface area contributed by atoms with E-state index in [-0.39, 0.29) is 11.9 Å². The molecular formula is C30H35Cl2N3O3. The van der Waals surface area contributed by atoms with Crippen molar-refractivity contribution in [3.8, 4) is 11.6 Å². The van der Waals surface area contributed by atoms with Crippen LogP contribution in [0.2, 0.25) is 10.0 Å². The largest absolute Gasteiger partial charge is 0.494 e. The maximum atomic E-state index is 12.5. The SMILES string of the molecule is O=C(Oc1ccc2ccc(OCCCCN3CCN(c4cccc(Cl)c4Cl)CC3)cc2n1)C1CCCCC1. The van der Waals surface area contributed by atoms with Gasteiger partial charge in [0.15, 0.2) is 0 Å². The number of carbonyl (C=O) groups is 1. The summed E-state index contributed by atoms with van der Waals surface area (Å²) in [4.78, 5) is 21.9. The maximum Gasteiger partial charge on any atom is 0.315 e. The van der Waals surface area contributed by atoms with Gasteiger partial charge in [0.25, 0.3) is 0 Å². The van der Waals surface area contributed by atoms with Crippen molar-refractivity contribution in [3.63, 3.8) is 0 Å². The Morgan fingerprint density at radius 2 is 1.74 bits per heavy atom. The van der Waals surface area contributed by atoms with E-state index in [1.807, 2.05) is 42.5 Å². The standard InChI is InChI=1S/C30H35Cl2N3O3/c31-25-9-6-10-27(29(25)32)35-18-16-34(17-19-35)15-4-5-20-37-24-13-11-22-12-14-28(33-26(22)21-24)38-30(36)23-7-2-1-3-8-23/h6,9-14,21,23H,1-5,7-8,15-20H2. The minimum atomic E-state index is -0.154. The molecule has 2 heterocycles. The minimum absolute atomic E-state index is 0.00115. The predicted octanol–water partition coefficient (Wildman–Crippen LogP) is 7.01. The molecule has 202 valence electrons. The number of rotatable bonds is 9. The fraction of sp³-hybridized carbons (Fsp3) is 0.467. The molecule has 6 nitrogen and oxygen atoms in total. The third-order valence-corrected chi connectivity index (χ3v) is 8.37. The summed E-state index contributed by atoms with van der Waals surface area (Å²) in [6, 6.07) is 15.4. The van der Waals surface area contributed by atoms with Gasteiger partial charge in [-0.15, -0.1) is 0 Å². The number of hydrogen-bond acceptors (Lipinski definition) is 6. The lowest BCUT2D eigenvalue weighted by Crippen LogP contribution is -2.46. The van der Waals surface area contributed by atoms with Crippen LogP contribution in [-0.2, 0) is 4.79 Å². The zero-order valence-corrected chi connectivity index (χ0v) is 23.2. The van der Waals surface area contributed by atoms with E-state index in [9.17, 15) is 4.79 Å². The van der Waals surface area contributed by atoms with Gasteiger partial charge in [0.1, 0.15) is 5.75 Å². The molecule has 1 saturated heterocycles. The molecular weight excluding hydrogens is 521 g/mol. The van der Waals surface area contributed by atoms with Crippen molar-refractivity contribution in [2.45, 2.75) is 44.9 Å². The number of anilines is 1. The number of esters is 1. The van der Waals surface area contributed by atoms with Crippen molar-refractivity contribution in [3.05, 3.63) is 58.6 Å². The van der Waals surface area contributed by atoms with Gasteiger partial charge in [0, 0.05) is 43.7 Å². The molecule has 5 rings (SSSR count). The quantitative estimate of drug-likeness (QED) is 0.209. The Morgan fingerprint density at radius 3 is 2.55 bits per heavy atom. The van der Waals surface area contributed by atoms with Gasteiger partial charge in [-0.3, -0.25) is 9.69 Å². The molecule has 0 unspecified atom stereocenters. The van der Waals surface area contributed by atoms with Crippen LogP contribution in [0.5, 0.6) is 11.6 Å². The molecule has 2 aromatic carbocycles. The van der Waals surface area contributed by atoms with Crippen molar-refractivity contribution < 1.29 is 14.3 Å². The molecule has 0 N–H and O–H groups in total. The number of pyridine rings is 1. The highest BCUT2D eigenvalue weighted by Gasteiger charge is 2.23. The van der Waals surface area contributed by atoms with Crippen LogP contribution in [0.4, 0.5) is 5.69 Å². The first-order chi connectivity index (χ1) is 18.6. The summed E-state index contributed by atoms with van der Waals surface area (Å²) in [5.41, 5.74) is 1.79. The van der Waals surface area contributed by atoms with E-state index in [4.69, 9.17) is 32.7 Å². The smallest absolute Gasteiger partial charge is 0.315 e. The van der Waals surface area contributed by atoms with Gasteiger partial charge in [-0.05, 0) is 62.6 Å². The Hall–Kier alpha value is -2.54. The first kappa shape index (κ1) is 27.0. The molecule has 0 atom stereocenters. The number of hydrogen-bond donors (Lipinski definition) is 0. The van der Waals surface area contributed by atoms with Crippen LogP contribution in [0.15, 0.2) is 48.5 Å². The number of aromatic nitrogens is 1. The van der Waals surface area contributed by atoms with E-state index in [1.54, 1.807) is 6.07 Å². The third-order valence-electron chi connectivity index (χ3n) is 7.56. The van der Waals surface area contributed by atoms with Gasteiger partial charge in [0.05, 0.1) is 33.8 Å². The molecule has 2 fully saturated rings. The molecule has 0 spiro atoms. The monoisotopic (exact) mass is 555 g/mol. The highest BCUT2D eigenvalue weighted by molar-refractivity contribution is 6.43. The van der Waals surface area contributed by atoms with Crippen LogP contribution in [0.25, 0.3) is 10.9 Å². The van der Waals surface area contributed by atoms with Crippen molar-refractivity contribution in [2.24, 2.45) is 5.92 Å². The van der Waals surface area contributed by atoms with Gasteiger partial charge in [-0.25, -0.2) is 4.98 Å². The molecule has 1 aliphatic carbocycles. The van der Waals surface area contributed by atoms with Crippen LogP contribution in [0.1, 0.15) is 44.9 Å². The molecule has 8 heteroatoms. The highest BCUT2D eigenvalue weighted by atomic mass is 35.5. The summed E-state index contributed by atoms with van der Waals surface area (Å²) in [6.07, 6.45) is 7.29. The van der Waals surface area contributed by atoms with Crippen LogP contribution in [0.3, 0.4) is 0 Å². The van der Waals surface area contributed by atoms with E-state index in [2.05, 4.69) is 14.8 Å². The summed E-state index contributed by atoms with van der Waals surface area (Å²) in [5, 5.41) is 2.24. The zero-order valence-electron chi connectivity index (χ0n) is 21.7. The number of unbranched alkanes of at least 4 members (excludes halogenated alkanes) is 1. The van der Waals surface area contributed by atoms with Crippen molar-refractivity contribution in [1.82, 2.24) is 9.88 Å². The summed E-state index contributed by atoms with van der Waals surface area (Å²) in [6.45, 7) is 5.61. The van der Waals surface area contributed by atoms with Gasteiger partial charge < -0.3 is 14.4 Å². The van der Waals surface area contributed by atoms with E-state index >= 15 is 0 Å². The second kappa shape index (κ2) is 13.0. The topological polar surface area (TPSA) is 54.9 Å². The molecule has 1 aliphatic heterocycles. The number of ether oxygens (including phenoxy) is 2. The van der Waals surface area contributed by atoms with E-state index < -0.39 is 0 Å². The lowest BCUT2D eigenvalue weighted by Gasteiger charge is -2.36. The number of piperazine rings is 1. The summed E-state index contributed by atoms with van der Waals surface area (Å²) in [7, 11) is 0. The van der Waals surface area contributed by atoms with E-state index in [0.717, 1.165) is 93.6 Å². The molecule has 3 aromatic rings. The lowest BCUT2D eigenvalue weighted by molar-refractivity contribution is -0.140. The Morgan fingerprint density at radius 1 is 0.947 bits per heavy atom. The molecule has 2 aliphatic rings. The number of benzene rings is 2. The van der Waals surface area contributed by atoms with E-state index in [1.165, 1.54) is 6.42 Å². The lowest BCUT2D eigenvalue weighted by atomic mass is 9.89. The molecule has 1 aromatic heterocycles. The van der Waals surface area contributed by atoms with Crippen LogP contribution >= 0.6 is 23.2 Å². The number of fused-ring (bicyclic) bond motifs is 1. The number of halogens is 2. The van der Waals surface area contributed by atoms with Crippen molar-refractivity contribution in [2.75, 3.05) is 44.2 Å². The first-order valence-electron chi connectivity index (χ1n) is 13.7. The summed E-state index contributed by atoms with van der Waals surface area (Å²) < 4.78 is 11.6. The second-order valence-corrected chi connectivity index (χ2v) is 11.0. The van der Waals surface area contributed by atoms with Crippen LogP contribution in [0, 0.1) is 5.92 Å². The second-order valence-electron chi connectivity index (χ2n) is 10.2. The normalized spacial score (nSPS) is 17.1. The van der Waals surface area contributed by atoms with Gasteiger partial charge >= 0.3 is 5.97 Å². The fourth-order valence-corrected chi connectivity index (χ4v) is 5.74. The van der Waals surface area contributed by atoms with Gasteiger partial charge in [-0.1, -0.05) is 48.5 Å². The van der Waals surface area contributed by atoms with Crippen LogP contribution in [-0.4, -0.2) is 55.2 Å². The maximum absolute atomic E-state index is 12.5. The minimum Gasteiger partial charge on any atom is -0.494 e. The van der Waals surface area contributed by atoms with Crippen molar-refractivity contribution >= 4 is 45.8 Å². The number of nitrogens with zero attached hydrogens (tertiary/aromatic N) is 3. The average molecular weight is 557 g/mol. The first-order valence-corrected chi connectivity index (χ1v) is 14.5. The molecule has 0 bridgehead atoms. The zero-order chi connectivity index (χ0) is 26.3. The molecule has 0 amide bonds. The van der Waals surface area contributed by atoms with E-state index in [0.29, 0.717) is 22.5 Å². The highest BCUT2D eigenvalue weighted by Crippen LogP contribution is 2.33.